The van der Waals surface area contributed by atoms with Crippen molar-refractivity contribution in [2.45, 2.75) is 20.0 Å². The molecule has 1 aromatic carbocycles. The third kappa shape index (κ3) is 3.53. The van der Waals surface area contributed by atoms with E-state index < -0.39 is 6.10 Å². The van der Waals surface area contributed by atoms with Crippen molar-refractivity contribution in [2.24, 2.45) is 0 Å². The summed E-state index contributed by atoms with van der Waals surface area (Å²) in [4.78, 5) is 0. The Bertz CT molecular complexity index is 292. The molecular formula is C12H19NO2. The first kappa shape index (κ1) is 12.0. The fourth-order valence-electron chi connectivity index (χ4n) is 1.56. The smallest absolute Gasteiger partial charge is 0.0945 e. The van der Waals surface area contributed by atoms with E-state index in [1.165, 1.54) is 11.1 Å². The lowest BCUT2D eigenvalue weighted by molar-refractivity contribution is 0.0727. The zero-order valence-corrected chi connectivity index (χ0v) is 9.58. The van der Waals surface area contributed by atoms with Crippen molar-refractivity contribution in [2.75, 3.05) is 25.6 Å². The maximum atomic E-state index is 9.50. The molecule has 84 valence electrons. The van der Waals surface area contributed by atoms with E-state index in [0.29, 0.717) is 13.2 Å². The van der Waals surface area contributed by atoms with Crippen LogP contribution in [0, 0.1) is 13.8 Å². The number of hydrogen-bond acceptors (Lipinski definition) is 3. The summed E-state index contributed by atoms with van der Waals surface area (Å²) in [5, 5.41) is 12.7. The minimum atomic E-state index is -0.464. The average molecular weight is 209 g/mol. The highest BCUT2D eigenvalue weighted by atomic mass is 16.5. The molecule has 0 aromatic heterocycles. The molecule has 1 atom stereocenters. The van der Waals surface area contributed by atoms with Gasteiger partial charge in [0.2, 0.25) is 0 Å². The van der Waals surface area contributed by atoms with Crippen molar-refractivity contribution in [1.82, 2.24) is 0 Å². The fraction of sp³-hybridized carbons (Fsp3) is 0.500. The zero-order chi connectivity index (χ0) is 11.3. The van der Waals surface area contributed by atoms with Crippen molar-refractivity contribution in [3.05, 3.63) is 29.3 Å². The van der Waals surface area contributed by atoms with Crippen molar-refractivity contribution in [3.8, 4) is 0 Å². The summed E-state index contributed by atoms with van der Waals surface area (Å²) in [6.45, 7) is 4.98. The van der Waals surface area contributed by atoms with Gasteiger partial charge in [0.25, 0.3) is 0 Å². The van der Waals surface area contributed by atoms with Gasteiger partial charge in [-0.2, -0.15) is 0 Å². The number of rotatable bonds is 5. The van der Waals surface area contributed by atoms with Gasteiger partial charge in [-0.25, -0.2) is 0 Å². The first-order valence-electron chi connectivity index (χ1n) is 5.12. The third-order valence-corrected chi connectivity index (χ3v) is 2.35. The van der Waals surface area contributed by atoms with Gasteiger partial charge >= 0.3 is 0 Å². The van der Waals surface area contributed by atoms with Crippen LogP contribution in [0.15, 0.2) is 18.2 Å². The Hall–Kier alpha value is -1.06. The number of methoxy groups -OCH3 is 1. The molecule has 0 aliphatic heterocycles. The van der Waals surface area contributed by atoms with Crippen molar-refractivity contribution >= 4 is 5.69 Å². The van der Waals surface area contributed by atoms with Crippen molar-refractivity contribution in [1.29, 1.82) is 0 Å². The standard InChI is InChI=1S/C12H19NO2/c1-9-5-4-6-10(2)12(9)13-7-11(14)8-15-3/h4-6,11,13-14H,7-8H2,1-3H3. The molecular weight excluding hydrogens is 190 g/mol. The van der Waals surface area contributed by atoms with Crippen LogP contribution in [-0.4, -0.2) is 31.5 Å². The van der Waals surface area contributed by atoms with Gasteiger partial charge in [-0.15, -0.1) is 0 Å². The average Bonchev–Trinajstić information content (AvgIpc) is 2.17. The highest BCUT2D eigenvalue weighted by Gasteiger charge is 2.05. The van der Waals surface area contributed by atoms with Crippen LogP contribution in [0.1, 0.15) is 11.1 Å². The minimum absolute atomic E-state index is 0.359. The van der Waals surface area contributed by atoms with Crippen LogP contribution in [0.5, 0.6) is 0 Å². The quantitative estimate of drug-likeness (QED) is 0.776. The van der Waals surface area contributed by atoms with Crippen LogP contribution in [-0.2, 0) is 4.74 Å². The van der Waals surface area contributed by atoms with Crippen LogP contribution in [0.2, 0.25) is 0 Å². The Morgan fingerprint density at radius 2 is 1.93 bits per heavy atom. The largest absolute Gasteiger partial charge is 0.389 e. The Morgan fingerprint density at radius 1 is 1.33 bits per heavy atom. The van der Waals surface area contributed by atoms with E-state index in [9.17, 15) is 5.11 Å². The highest BCUT2D eigenvalue weighted by Crippen LogP contribution is 2.18. The first-order valence-corrected chi connectivity index (χ1v) is 5.12. The van der Waals surface area contributed by atoms with E-state index >= 15 is 0 Å². The zero-order valence-electron chi connectivity index (χ0n) is 9.58. The number of para-hydroxylation sites is 1. The lowest BCUT2D eigenvalue weighted by Crippen LogP contribution is -2.24. The Labute approximate surface area is 91.1 Å². The number of nitrogens with one attached hydrogen (secondary N) is 1. The molecule has 1 rings (SSSR count). The summed E-state index contributed by atoms with van der Waals surface area (Å²) in [5.74, 6) is 0. The summed E-state index contributed by atoms with van der Waals surface area (Å²) in [5.41, 5.74) is 3.49. The van der Waals surface area contributed by atoms with E-state index in [-0.39, 0.29) is 0 Å². The van der Waals surface area contributed by atoms with Gasteiger partial charge in [-0.05, 0) is 25.0 Å². The van der Waals surface area contributed by atoms with E-state index in [1.54, 1.807) is 7.11 Å². The van der Waals surface area contributed by atoms with Crippen LogP contribution < -0.4 is 5.32 Å². The van der Waals surface area contributed by atoms with Gasteiger partial charge in [0, 0.05) is 19.3 Å². The van der Waals surface area contributed by atoms with E-state index in [4.69, 9.17) is 4.74 Å². The van der Waals surface area contributed by atoms with E-state index in [1.807, 2.05) is 6.07 Å². The summed E-state index contributed by atoms with van der Waals surface area (Å²) in [6, 6.07) is 6.14. The highest BCUT2D eigenvalue weighted by molar-refractivity contribution is 5.56. The van der Waals surface area contributed by atoms with E-state index in [2.05, 4.69) is 31.3 Å². The maximum Gasteiger partial charge on any atom is 0.0945 e. The minimum Gasteiger partial charge on any atom is -0.389 e. The van der Waals surface area contributed by atoms with Gasteiger partial charge in [-0.3, -0.25) is 0 Å². The van der Waals surface area contributed by atoms with Gasteiger partial charge in [-0.1, -0.05) is 18.2 Å². The molecule has 0 bridgehead atoms. The van der Waals surface area contributed by atoms with E-state index in [0.717, 1.165) is 5.69 Å². The lowest BCUT2D eigenvalue weighted by Gasteiger charge is -2.15. The molecule has 0 aliphatic carbocycles. The second kappa shape index (κ2) is 5.73. The van der Waals surface area contributed by atoms with Crippen LogP contribution >= 0.6 is 0 Å². The summed E-state index contributed by atoms with van der Waals surface area (Å²) in [6.07, 6.45) is -0.464. The number of aryl methyl sites for hydroxylation is 2. The first-order chi connectivity index (χ1) is 7.15. The van der Waals surface area contributed by atoms with Crippen molar-refractivity contribution < 1.29 is 9.84 Å². The van der Waals surface area contributed by atoms with Gasteiger partial charge < -0.3 is 15.2 Å². The molecule has 1 aromatic rings. The van der Waals surface area contributed by atoms with Gasteiger partial charge in [0.15, 0.2) is 0 Å². The normalized spacial score (nSPS) is 12.5. The maximum absolute atomic E-state index is 9.50. The predicted octanol–water partition coefficient (Wildman–Crippen LogP) is 1.72. The molecule has 0 aliphatic rings. The third-order valence-electron chi connectivity index (χ3n) is 2.35. The monoisotopic (exact) mass is 209 g/mol. The van der Waals surface area contributed by atoms with Gasteiger partial charge in [0.05, 0.1) is 12.7 Å². The number of benzene rings is 1. The SMILES string of the molecule is COCC(O)CNc1c(C)cccc1C. The molecule has 1 unspecified atom stereocenters. The molecule has 0 saturated carbocycles. The lowest BCUT2D eigenvalue weighted by atomic mass is 10.1. The van der Waals surface area contributed by atoms with Gasteiger partial charge in [0.1, 0.15) is 0 Å². The molecule has 15 heavy (non-hydrogen) atoms. The number of ether oxygens (including phenoxy) is 1. The second-order valence-corrected chi connectivity index (χ2v) is 3.76. The Kier molecular flexibility index (Phi) is 4.59. The van der Waals surface area contributed by atoms with Crippen LogP contribution in [0.3, 0.4) is 0 Å². The predicted molar refractivity (Wildman–Crippen MR) is 62.3 cm³/mol. The molecule has 0 fully saturated rings. The van der Waals surface area contributed by atoms with Crippen LogP contribution in [0.25, 0.3) is 0 Å². The fourth-order valence-corrected chi connectivity index (χ4v) is 1.56. The molecule has 0 amide bonds. The molecule has 3 heteroatoms. The number of aliphatic hydroxyl groups excluding tert-OH is 1. The summed E-state index contributed by atoms with van der Waals surface area (Å²) < 4.78 is 4.86. The second-order valence-electron chi connectivity index (χ2n) is 3.76. The molecule has 0 radical (unpaired) electrons. The summed E-state index contributed by atoms with van der Waals surface area (Å²) in [7, 11) is 1.59. The Balaban J connectivity index is 2.57. The molecule has 0 spiro atoms. The summed E-state index contributed by atoms with van der Waals surface area (Å²) >= 11 is 0. The topological polar surface area (TPSA) is 41.5 Å². The number of aliphatic hydroxyl groups is 1. The van der Waals surface area contributed by atoms with Crippen molar-refractivity contribution in [3.63, 3.8) is 0 Å². The number of anilines is 1. The molecule has 0 saturated heterocycles. The Morgan fingerprint density at radius 3 is 2.47 bits per heavy atom. The van der Waals surface area contributed by atoms with Crippen LogP contribution in [0.4, 0.5) is 5.69 Å². The molecule has 3 nitrogen and oxygen atoms in total. The molecule has 2 N–H and O–H groups in total. The molecule has 0 heterocycles. The number of hydrogen-bond donors (Lipinski definition) is 2.